The monoisotopic (exact) mass is 439 g/mol. The molecule has 0 saturated carbocycles. The number of nitrogens with zero attached hydrogens (tertiary/aromatic N) is 2. The van der Waals surface area contributed by atoms with Crippen LogP contribution in [0.4, 0.5) is 5.95 Å². The number of nitrogens with one attached hydrogen (secondary N) is 2. The molecule has 166 valence electrons. The average molecular weight is 439 g/mol. The number of Topliss-reactive ketones (excluding diaryl/α,β-unsaturated/α-hetero) is 2. The van der Waals surface area contributed by atoms with Gasteiger partial charge in [0.2, 0.25) is 5.95 Å². The van der Waals surface area contributed by atoms with Crippen molar-refractivity contribution in [2.24, 2.45) is 0 Å². The number of nitrogen functional groups attached to an aromatic ring is 1. The maximum Gasteiger partial charge on any atom is 0.239 e. The summed E-state index contributed by atoms with van der Waals surface area (Å²) >= 11 is 0. The number of anilines is 1. The molecule has 0 amide bonds. The molecule has 2 aliphatic rings. The molecule has 1 aliphatic carbocycles. The number of benzene rings is 1. The number of phenolic OH excluding ortho intramolecular Hbond substituents is 2. The van der Waals surface area contributed by atoms with Gasteiger partial charge in [-0.3, -0.25) is 19.5 Å². The molecule has 1 unspecified atom stereocenters. The number of phenols is 2. The molecule has 0 bridgehead atoms. The summed E-state index contributed by atoms with van der Waals surface area (Å²) in [6.45, 7) is 5.86. The molecule has 2 aromatic rings. The largest absolute Gasteiger partial charge is 0.507 e. The second kappa shape index (κ2) is 6.94. The minimum Gasteiger partial charge on any atom is -0.507 e. The van der Waals surface area contributed by atoms with Crippen LogP contribution in [0, 0.1) is 6.92 Å². The summed E-state index contributed by atoms with van der Waals surface area (Å²) in [5.74, 6) is -2.21. The smallest absolute Gasteiger partial charge is 0.239 e. The van der Waals surface area contributed by atoms with Crippen molar-refractivity contribution in [1.82, 2.24) is 20.5 Å². The lowest BCUT2D eigenvalue weighted by molar-refractivity contribution is -0.123. The first-order valence-electron chi connectivity index (χ1n) is 9.69. The normalized spacial score (nSPS) is 20.9. The van der Waals surface area contributed by atoms with E-state index in [0.717, 1.165) is 6.08 Å². The Labute approximate surface area is 182 Å². The van der Waals surface area contributed by atoms with Gasteiger partial charge in [-0.2, -0.15) is 4.98 Å². The molecule has 1 aliphatic heterocycles. The van der Waals surface area contributed by atoms with Crippen molar-refractivity contribution < 1.29 is 29.3 Å². The van der Waals surface area contributed by atoms with Crippen LogP contribution >= 0.6 is 0 Å². The zero-order valence-corrected chi connectivity index (χ0v) is 17.8. The molecule has 0 radical (unpaired) electrons. The highest BCUT2D eigenvalue weighted by molar-refractivity contribution is 6.31. The van der Waals surface area contributed by atoms with Gasteiger partial charge >= 0.3 is 0 Å². The number of fused-ring (bicyclic) bond motifs is 3. The van der Waals surface area contributed by atoms with Crippen LogP contribution in [0.2, 0.25) is 0 Å². The topological polar surface area (TPSA) is 181 Å². The molecule has 2 heterocycles. The molecule has 6 N–H and O–H groups in total. The Hall–Kier alpha value is -4.15. The molecule has 0 spiro atoms. The number of hydrogen-bond acceptors (Lipinski definition) is 10. The van der Waals surface area contributed by atoms with Crippen molar-refractivity contribution in [2.75, 3.05) is 5.73 Å². The van der Waals surface area contributed by atoms with E-state index >= 15 is 0 Å². The molecule has 1 atom stereocenters. The predicted molar refractivity (Wildman–Crippen MR) is 111 cm³/mol. The molecule has 11 heteroatoms. The number of nitrogens with two attached hydrogens (primary N) is 1. The number of carbonyl (C=O) groups is 3. The van der Waals surface area contributed by atoms with Gasteiger partial charge in [-0.05, 0) is 27.7 Å². The first-order valence-corrected chi connectivity index (χ1v) is 9.69. The first-order chi connectivity index (χ1) is 15.0. The van der Waals surface area contributed by atoms with Crippen LogP contribution in [0.3, 0.4) is 0 Å². The maximum absolute atomic E-state index is 13.6. The fraction of sp³-hybridized carbons (Fsp3) is 0.286. The third kappa shape index (κ3) is 2.77. The number of ketones is 3. The Kier molecular flexibility index (Phi) is 4.57. The summed E-state index contributed by atoms with van der Waals surface area (Å²) in [5.41, 5.74) is 3.97. The fourth-order valence-corrected chi connectivity index (χ4v) is 4.06. The molecule has 1 aromatic carbocycles. The van der Waals surface area contributed by atoms with E-state index in [1.54, 1.807) is 6.92 Å². The number of H-pyrrole nitrogens is 1. The third-order valence-electron chi connectivity index (χ3n) is 5.83. The van der Waals surface area contributed by atoms with Crippen LogP contribution in [-0.2, 0) is 21.5 Å². The molecule has 1 aromatic heterocycles. The molecule has 0 saturated heterocycles. The minimum absolute atomic E-state index is 0.0233. The highest BCUT2D eigenvalue weighted by Crippen LogP contribution is 2.57. The molecular weight excluding hydrogens is 418 g/mol. The van der Waals surface area contributed by atoms with Gasteiger partial charge in [0.05, 0.1) is 17.7 Å². The van der Waals surface area contributed by atoms with Crippen molar-refractivity contribution in [3.05, 3.63) is 45.6 Å². The van der Waals surface area contributed by atoms with Crippen molar-refractivity contribution in [1.29, 1.82) is 0 Å². The van der Waals surface area contributed by atoms with Gasteiger partial charge < -0.3 is 26.0 Å². The summed E-state index contributed by atoms with van der Waals surface area (Å²) in [4.78, 5) is 42.6. The van der Waals surface area contributed by atoms with Crippen LogP contribution in [0.5, 0.6) is 17.2 Å². The van der Waals surface area contributed by atoms with Crippen molar-refractivity contribution in [3.8, 4) is 17.2 Å². The van der Waals surface area contributed by atoms with Crippen molar-refractivity contribution in [2.45, 2.75) is 39.7 Å². The van der Waals surface area contributed by atoms with Gasteiger partial charge in [0.1, 0.15) is 39.8 Å². The number of aromatic hydroxyl groups is 2. The third-order valence-corrected chi connectivity index (χ3v) is 5.83. The van der Waals surface area contributed by atoms with Crippen molar-refractivity contribution in [3.63, 3.8) is 0 Å². The summed E-state index contributed by atoms with van der Waals surface area (Å²) in [6.07, 6.45) is 1.16. The van der Waals surface area contributed by atoms with E-state index in [1.165, 1.54) is 20.8 Å². The molecule has 4 rings (SSSR count). The average Bonchev–Trinajstić information content (AvgIpc) is 3.26. The number of hydrogen-bond donors (Lipinski definition) is 5. The van der Waals surface area contributed by atoms with Crippen molar-refractivity contribution >= 4 is 23.3 Å². The van der Waals surface area contributed by atoms with Crippen LogP contribution in [0.1, 0.15) is 48.1 Å². The lowest BCUT2D eigenvalue weighted by atomic mass is 9.70. The highest BCUT2D eigenvalue weighted by Gasteiger charge is 2.56. The number of aromatic nitrogens is 3. The molecule has 32 heavy (non-hydrogen) atoms. The van der Waals surface area contributed by atoms with E-state index in [0.29, 0.717) is 5.82 Å². The van der Waals surface area contributed by atoms with Crippen LogP contribution < -0.4 is 15.8 Å². The quantitative estimate of drug-likeness (QED) is 0.262. The van der Waals surface area contributed by atoms with Gasteiger partial charge in [0.15, 0.2) is 17.3 Å². The summed E-state index contributed by atoms with van der Waals surface area (Å²) in [7, 11) is 0. The van der Waals surface area contributed by atoms with E-state index in [-0.39, 0.29) is 57.7 Å². The summed E-state index contributed by atoms with van der Waals surface area (Å²) in [5, 5.41) is 30.5. The Morgan fingerprint density at radius 1 is 1.28 bits per heavy atom. The first kappa shape index (κ1) is 21.1. The molecule has 11 nitrogen and oxygen atoms in total. The second-order valence-corrected chi connectivity index (χ2v) is 7.88. The van der Waals surface area contributed by atoms with E-state index in [2.05, 4.69) is 20.5 Å². The molecule has 0 fully saturated rings. The van der Waals surface area contributed by atoms with Crippen LogP contribution in [-0.4, -0.2) is 42.7 Å². The lowest BCUT2D eigenvalue weighted by Crippen LogP contribution is -2.41. The van der Waals surface area contributed by atoms with Gasteiger partial charge in [-0.25, -0.2) is 0 Å². The molecular formula is C21H21N5O6. The Balaban J connectivity index is 1.84. The number of aromatic amines is 1. The van der Waals surface area contributed by atoms with Crippen LogP contribution in [0.25, 0.3) is 0 Å². The van der Waals surface area contributed by atoms with Gasteiger partial charge in [-0.1, -0.05) is 0 Å². The SMILES string of the molecule is CC(=O)c1c(O)c(C)c(O)c2c1OC1=CC(=O)/C(=C(/C)NCc3nc(N)n[nH]3)C(=O)C12C. The summed E-state index contributed by atoms with van der Waals surface area (Å²) < 4.78 is 5.72. The zero-order valence-electron chi connectivity index (χ0n) is 17.8. The van der Waals surface area contributed by atoms with Gasteiger partial charge in [0, 0.05) is 17.3 Å². The summed E-state index contributed by atoms with van der Waals surface area (Å²) in [6, 6.07) is 0. The maximum atomic E-state index is 13.6. The van der Waals surface area contributed by atoms with E-state index in [1.807, 2.05) is 0 Å². The number of rotatable bonds is 4. The number of carbonyl (C=O) groups excluding carboxylic acids is 3. The predicted octanol–water partition coefficient (Wildman–Crippen LogP) is 1.06. The Morgan fingerprint density at radius 3 is 2.56 bits per heavy atom. The Morgan fingerprint density at radius 2 is 1.97 bits per heavy atom. The van der Waals surface area contributed by atoms with Gasteiger partial charge in [-0.15, -0.1) is 5.10 Å². The number of allylic oxidation sites excluding steroid dienone is 4. The zero-order chi connectivity index (χ0) is 23.5. The van der Waals surface area contributed by atoms with E-state index < -0.39 is 28.5 Å². The highest BCUT2D eigenvalue weighted by atomic mass is 16.5. The Bertz CT molecular complexity index is 1290. The van der Waals surface area contributed by atoms with Crippen LogP contribution in [0.15, 0.2) is 23.1 Å². The fourth-order valence-electron chi connectivity index (χ4n) is 4.06. The minimum atomic E-state index is -1.56. The number of ether oxygens (including phenoxy) is 1. The van der Waals surface area contributed by atoms with Gasteiger partial charge in [0.25, 0.3) is 0 Å². The lowest BCUT2D eigenvalue weighted by Gasteiger charge is -2.29. The van der Waals surface area contributed by atoms with E-state index in [4.69, 9.17) is 10.5 Å². The van der Waals surface area contributed by atoms with E-state index in [9.17, 15) is 24.6 Å². The second-order valence-electron chi connectivity index (χ2n) is 7.88. The standard InChI is InChI=1S/C21H21N5O6/c1-7-16(29)14(9(3)27)18-15(17(7)30)21(4)11(32-18)5-10(28)13(19(21)31)8(2)23-6-12-24-20(22)26-25-12/h5,23,29-30H,6H2,1-4H3,(H3,22,24,25,26)/b13-8+.